The molecule has 0 heterocycles. The predicted octanol–water partition coefficient (Wildman–Crippen LogP) is 4.92. The van der Waals surface area contributed by atoms with Crippen LogP contribution >= 0.6 is 0 Å². The summed E-state index contributed by atoms with van der Waals surface area (Å²) in [6.07, 6.45) is 1.96. The summed E-state index contributed by atoms with van der Waals surface area (Å²) in [5.41, 5.74) is 3.32. The molecule has 0 spiro atoms. The number of nitro groups is 1. The number of aryl methyl sites for hydroxylation is 1. The number of nitro benzene ring substituents is 1. The van der Waals surface area contributed by atoms with Gasteiger partial charge in [0.15, 0.2) is 0 Å². The van der Waals surface area contributed by atoms with Crippen LogP contribution in [0.3, 0.4) is 0 Å². The van der Waals surface area contributed by atoms with Gasteiger partial charge in [-0.3, -0.25) is 10.1 Å². The van der Waals surface area contributed by atoms with Crippen molar-refractivity contribution in [2.45, 2.75) is 18.9 Å². The first-order chi connectivity index (χ1) is 13.7. The largest absolute Gasteiger partial charge is 0.497 e. The van der Waals surface area contributed by atoms with Crippen molar-refractivity contribution in [1.29, 1.82) is 0 Å². The Labute approximate surface area is 165 Å². The zero-order chi connectivity index (χ0) is 19.8. The molecule has 1 N–H and O–H groups in total. The average molecular weight is 376 g/mol. The van der Waals surface area contributed by atoms with E-state index in [1.807, 2.05) is 48.5 Å². The van der Waals surface area contributed by atoms with Crippen LogP contribution in [0.2, 0.25) is 0 Å². The lowest BCUT2D eigenvalue weighted by Crippen LogP contribution is -2.24. The third-order valence-electron chi connectivity index (χ3n) is 4.70. The Morgan fingerprint density at radius 2 is 1.71 bits per heavy atom. The first-order valence-corrected chi connectivity index (χ1v) is 9.33. The number of nitrogens with one attached hydrogen (secondary N) is 1. The van der Waals surface area contributed by atoms with Gasteiger partial charge in [0, 0.05) is 12.1 Å². The van der Waals surface area contributed by atoms with Crippen molar-refractivity contribution < 1.29 is 9.66 Å². The van der Waals surface area contributed by atoms with Crippen molar-refractivity contribution in [3.8, 4) is 5.75 Å². The highest BCUT2D eigenvalue weighted by atomic mass is 16.6. The van der Waals surface area contributed by atoms with Crippen molar-refractivity contribution in [3.05, 3.63) is 106 Å². The fraction of sp³-hybridized carbons (Fsp3) is 0.217. The molecule has 0 aromatic heterocycles. The lowest BCUT2D eigenvalue weighted by Gasteiger charge is -2.20. The molecule has 28 heavy (non-hydrogen) atoms. The maximum atomic E-state index is 11.2. The predicted molar refractivity (Wildman–Crippen MR) is 111 cm³/mol. The fourth-order valence-corrected chi connectivity index (χ4v) is 3.23. The lowest BCUT2D eigenvalue weighted by molar-refractivity contribution is -0.384. The molecule has 0 bridgehead atoms. The minimum absolute atomic E-state index is 0.0992. The summed E-state index contributed by atoms with van der Waals surface area (Å²) < 4.78 is 5.24. The van der Waals surface area contributed by atoms with Crippen LogP contribution in [0, 0.1) is 10.1 Å². The van der Waals surface area contributed by atoms with Gasteiger partial charge in [0.05, 0.1) is 18.1 Å². The summed E-state index contributed by atoms with van der Waals surface area (Å²) >= 11 is 0. The van der Waals surface area contributed by atoms with Crippen LogP contribution in [-0.4, -0.2) is 18.6 Å². The maximum absolute atomic E-state index is 11.2. The quantitative estimate of drug-likeness (QED) is 0.327. The summed E-state index contributed by atoms with van der Waals surface area (Å²) in [6, 6.07) is 24.9. The maximum Gasteiger partial charge on any atom is 0.269 e. The Morgan fingerprint density at radius 1 is 0.964 bits per heavy atom. The van der Waals surface area contributed by atoms with E-state index < -0.39 is 0 Å². The second-order valence-corrected chi connectivity index (χ2v) is 6.60. The van der Waals surface area contributed by atoms with Gasteiger partial charge in [-0.15, -0.1) is 0 Å². The van der Waals surface area contributed by atoms with E-state index in [9.17, 15) is 10.1 Å². The van der Waals surface area contributed by atoms with Gasteiger partial charge in [0.2, 0.25) is 0 Å². The standard InChI is InChI=1S/C23H24N2O3/c1-28-22-14-12-19(13-15-22)23(20-10-5-11-21(17-20)25(26)27)24-16-6-9-18-7-3-2-4-8-18/h2-5,7-8,10-15,17,23-24H,6,9,16H2,1H3. The molecule has 0 aliphatic rings. The molecule has 1 atom stereocenters. The van der Waals surface area contributed by atoms with Crippen molar-refractivity contribution in [2.75, 3.05) is 13.7 Å². The monoisotopic (exact) mass is 376 g/mol. The van der Waals surface area contributed by atoms with Gasteiger partial charge in [-0.25, -0.2) is 0 Å². The number of nitrogens with zero attached hydrogens (tertiary/aromatic N) is 1. The molecule has 1 unspecified atom stereocenters. The molecule has 5 heteroatoms. The Balaban J connectivity index is 1.75. The molecular formula is C23H24N2O3. The minimum Gasteiger partial charge on any atom is -0.497 e. The van der Waals surface area contributed by atoms with Crippen LogP contribution < -0.4 is 10.1 Å². The third-order valence-corrected chi connectivity index (χ3v) is 4.70. The van der Waals surface area contributed by atoms with Gasteiger partial charge in [-0.2, -0.15) is 0 Å². The van der Waals surface area contributed by atoms with Crippen LogP contribution in [0.4, 0.5) is 5.69 Å². The second kappa shape index (κ2) is 9.67. The molecule has 3 rings (SSSR count). The number of rotatable bonds is 9. The van der Waals surface area contributed by atoms with Gasteiger partial charge < -0.3 is 10.1 Å². The number of methoxy groups -OCH3 is 1. The number of benzene rings is 3. The van der Waals surface area contributed by atoms with E-state index in [1.165, 1.54) is 11.6 Å². The van der Waals surface area contributed by atoms with Gasteiger partial charge in [0.25, 0.3) is 5.69 Å². The minimum atomic E-state index is -0.357. The van der Waals surface area contributed by atoms with E-state index in [1.54, 1.807) is 19.2 Å². The number of non-ortho nitro benzene ring substituents is 1. The second-order valence-electron chi connectivity index (χ2n) is 6.60. The molecule has 0 fully saturated rings. The number of hydrogen-bond donors (Lipinski definition) is 1. The first kappa shape index (κ1) is 19.6. The van der Waals surface area contributed by atoms with E-state index in [2.05, 4.69) is 17.4 Å². The molecule has 0 aliphatic heterocycles. The van der Waals surface area contributed by atoms with E-state index in [0.29, 0.717) is 0 Å². The molecule has 0 radical (unpaired) electrons. The van der Waals surface area contributed by atoms with E-state index in [0.717, 1.165) is 36.3 Å². The zero-order valence-electron chi connectivity index (χ0n) is 15.9. The zero-order valence-corrected chi connectivity index (χ0v) is 15.9. The lowest BCUT2D eigenvalue weighted by atomic mass is 9.97. The molecular weight excluding hydrogens is 352 g/mol. The van der Waals surface area contributed by atoms with E-state index in [-0.39, 0.29) is 16.7 Å². The van der Waals surface area contributed by atoms with Crippen molar-refractivity contribution >= 4 is 5.69 Å². The molecule has 5 nitrogen and oxygen atoms in total. The van der Waals surface area contributed by atoms with Crippen LogP contribution in [0.25, 0.3) is 0 Å². The highest BCUT2D eigenvalue weighted by Gasteiger charge is 2.16. The van der Waals surface area contributed by atoms with Crippen LogP contribution in [-0.2, 0) is 6.42 Å². The smallest absolute Gasteiger partial charge is 0.269 e. The molecule has 3 aromatic carbocycles. The molecule has 3 aromatic rings. The SMILES string of the molecule is COc1ccc(C(NCCCc2ccccc2)c2cccc([N+](=O)[O-])c2)cc1. The Kier molecular flexibility index (Phi) is 6.76. The Bertz CT molecular complexity index is 895. The first-order valence-electron chi connectivity index (χ1n) is 9.33. The third kappa shape index (κ3) is 5.18. The number of ether oxygens (including phenoxy) is 1. The summed E-state index contributed by atoms with van der Waals surface area (Å²) in [5, 5.41) is 14.7. The van der Waals surface area contributed by atoms with E-state index >= 15 is 0 Å². The average Bonchev–Trinajstić information content (AvgIpc) is 2.75. The fourth-order valence-electron chi connectivity index (χ4n) is 3.23. The summed E-state index contributed by atoms with van der Waals surface area (Å²) in [6.45, 7) is 0.800. The highest BCUT2D eigenvalue weighted by molar-refractivity contribution is 5.41. The normalized spacial score (nSPS) is 11.8. The highest BCUT2D eigenvalue weighted by Crippen LogP contribution is 2.26. The van der Waals surface area contributed by atoms with Crippen molar-refractivity contribution in [1.82, 2.24) is 5.32 Å². The Morgan fingerprint density at radius 3 is 2.39 bits per heavy atom. The van der Waals surface area contributed by atoms with Gasteiger partial charge in [-0.1, -0.05) is 54.6 Å². The van der Waals surface area contributed by atoms with Crippen LogP contribution in [0.1, 0.15) is 29.2 Å². The van der Waals surface area contributed by atoms with Gasteiger partial charge in [0.1, 0.15) is 5.75 Å². The molecule has 144 valence electrons. The van der Waals surface area contributed by atoms with Crippen LogP contribution in [0.15, 0.2) is 78.9 Å². The molecule has 0 amide bonds. The van der Waals surface area contributed by atoms with Gasteiger partial charge in [-0.05, 0) is 48.2 Å². The molecule has 0 saturated carbocycles. The van der Waals surface area contributed by atoms with Crippen molar-refractivity contribution in [3.63, 3.8) is 0 Å². The summed E-state index contributed by atoms with van der Waals surface area (Å²) in [5.74, 6) is 0.783. The Hall–Kier alpha value is -3.18. The summed E-state index contributed by atoms with van der Waals surface area (Å²) in [4.78, 5) is 10.8. The molecule has 0 saturated heterocycles. The van der Waals surface area contributed by atoms with Crippen molar-refractivity contribution in [2.24, 2.45) is 0 Å². The van der Waals surface area contributed by atoms with E-state index in [4.69, 9.17) is 4.74 Å². The molecule has 0 aliphatic carbocycles. The topological polar surface area (TPSA) is 64.4 Å². The summed E-state index contributed by atoms with van der Waals surface area (Å²) in [7, 11) is 1.63. The number of hydrogen-bond acceptors (Lipinski definition) is 4. The van der Waals surface area contributed by atoms with Crippen LogP contribution in [0.5, 0.6) is 5.75 Å². The van der Waals surface area contributed by atoms with Gasteiger partial charge >= 0.3 is 0 Å².